The topological polar surface area (TPSA) is 9.23 Å². The van der Waals surface area contributed by atoms with Gasteiger partial charge in [0.2, 0.25) is 0 Å². The van der Waals surface area contributed by atoms with Crippen LogP contribution in [0.4, 0.5) is 0 Å². The number of hydrogen-bond donors (Lipinski definition) is 0. The molecule has 0 radical (unpaired) electrons. The Morgan fingerprint density at radius 2 is 1.80 bits per heavy atom. The average Bonchev–Trinajstić information content (AvgIpc) is 1.60. The highest BCUT2D eigenvalue weighted by atomic mass is 35.8. The molecule has 0 unspecified atom stereocenters. The Labute approximate surface area is 76.2 Å². The summed E-state index contributed by atoms with van der Waals surface area (Å²) in [7, 11) is 0. The summed E-state index contributed by atoms with van der Waals surface area (Å²) in [6, 6.07) is 0. The summed E-state index contributed by atoms with van der Waals surface area (Å²) < 4.78 is 4.94. The monoisotopic (exact) mass is 218 g/mol. The molecule has 0 rings (SSSR count). The molecule has 0 amide bonds. The fraction of sp³-hybridized carbons (Fsp3) is 0.600. The quantitative estimate of drug-likeness (QED) is 0.402. The van der Waals surface area contributed by atoms with Crippen LogP contribution in [0.15, 0.2) is 12.3 Å². The molecule has 0 aromatic rings. The molecule has 0 aliphatic rings. The summed E-state index contributed by atoms with van der Waals surface area (Å²) in [6.07, 6.45) is -2.97. The van der Waals surface area contributed by atoms with E-state index < -0.39 is 6.25 Å². The van der Waals surface area contributed by atoms with Crippen LogP contribution in [0, 0.1) is 5.92 Å². The van der Waals surface area contributed by atoms with Crippen molar-refractivity contribution >= 4 is 39.5 Å². The Bertz CT molecular complexity index is 129. The van der Waals surface area contributed by atoms with Crippen molar-refractivity contribution in [2.45, 2.75) is 13.8 Å². The molecule has 0 spiro atoms. The van der Waals surface area contributed by atoms with Crippen molar-refractivity contribution in [1.29, 1.82) is 0 Å². The zero-order valence-corrected chi connectivity index (χ0v) is 9.09. The summed E-state index contributed by atoms with van der Waals surface area (Å²) >= 11 is 16.4. The van der Waals surface area contributed by atoms with Crippen molar-refractivity contribution < 1.29 is 4.43 Å². The van der Waals surface area contributed by atoms with Crippen molar-refractivity contribution in [2.24, 2.45) is 5.92 Å². The summed E-state index contributed by atoms with van der Waals surface area (Å²) in [6.45, 7) is 7.45. The van der Waals surface area contributed by atoms with Crippen LogP contribution in [0.2, 0.25) is 0 Å². The van der Waals surface area contributed by atoms with Crippen LogP contribution < -0.4 is 0 Å². The minimum atomic E-state index is -2.97. The first-order valence-corrected chi connectivity index (χ1v) is 7.72. The Balaban J connectivity index is 3.81. The van der Waals surface area contributed by atoms with Crippen LogP contribution in [0.5, 0.6) is 0 Å². The molecule has 5 heteroatoms. The molecule has 0 N–H and O–H groups in total. The van der Waals surface area contributed by atoms with Gasteiger partial charge in [0.25, 0.3) is 0 Å². The first-order valence-electron chi connectivity index (χ1n) is 2.77. The van der Waals surface area contributed by atoms with Gasteiger partial charge in [0.05, 0.1) is 5.76 Å². The lowest BCUT2D eigenvalue weighted by molar-refractivity contribution is 0.390. The van der Waals surface area contributed by atoms with E-state index in [-0.39, 0.29) is 5.92 Å². The van der Waals surface area contributed by atoms with Crippen molar-refractivity contribution in [3.63, 3.8) is 0 Å². The fourth-order valence-electron chi connectivity index (χ4n) is 0.266. The van der Waals surface area contributed by atoms with Crippen LogP contribution in [0.1, 0.15) is 13.8 Å². The lowest BCUT2D eigenvalue weighted by Crippen LogP contribution is -2.17. The molecule has 0 aromatic heterocycles. The molecule has 0 heterocycles. The van der Waals surface area contributed by atoms with Gasteiger partial charge in [-0.15, -0.1) is 0 Å². The van der Waals surface area contributed by atoms with Crippen molar-refractivity contribution in [2.75, 3.05) is 0 Å². The Kier molecular flexibility index (Phi) is 4.10. The SMILES string of the molecule is C=C(O[Si](Cl)(Cl)Cl)C(C)C. The van der Waals surface area contributed by atoms with Gasteiger partial charge in [0.1, 0.15) is 0 Å². The number of hydrogen-bond acceptors (Lipinski definition) is 1. The second kappa shape index (κ2) is 3.86. The minimum absolute atomic E-state index is 0.197. The second-order valence-corrected chi connectivity index (χ2v) is 9.80. The number of allylic oxidation sites excluding steroid dienone is 1. The Morgan fingerprint density at radius 1 is 1.40 bits per heavy atom. The van der Waals surface area contributed by atoms with Crippen molar-refractivity contribution in [1.82, 2.24) is 0 Å². The largest absolute Gasteiger partial charge is 0.555 e. The van der Waals surface area contributed by atoms with Gasteiger partial charge in [0.15, 0.2) is 0 Å². The zero-order chi connectivity index (χ0) is 8.36. The Hall–Kier alpha value is 0.627. The van der Waals surface area contributed by atoms with Crippen LogP contribution >= 0.6 is 33.2 Å². The lowest BCUT2D eigenvalue weighted by Gasteiger charge is -2.16. The molecule has 0 aliphatic heterocycles. The number of halogens is 3. The van der Waals surface area contributed by atoms with E-state index in [1.54, 1.807) is 0 Å². The predicted molar refractivity (Wildman–Crippen MR) is 48.4 cm³/mol. The van der Waals surface area contributed by atoms with Gasteiger partial charge >= 0.3 is 6.25 Å². The molecule has 60 valence electrons. The van der Waals surface area contributed by atoms with Crippen LogP contribution in [-0.4, -0.2) is 6.25 Å². The van der Waals surface area contributed by atoms with E-state index in [2.05, 4.69) is 6.58 Å². The summed E-state index contributed by atoms with van der Waals surface area (Å²) in [5, 5.41) is 0. The van der Waals surface area contributed by atoms with Crippen LogP contribution in [-0.2, 0) is 4.43 Å². The molecule has 0 atom stereocenters. The molecule has 0 fully saturated rings. The molecule has 1 nitrogen and oxygen atoms in total. The van der Waals surface area contributed by atoms with E-state index in [9.17, 15) is 0 Å². The van der Waals surface area contributed by atoms with Crippen LogP contribution in [0.3, 0.4) is 0 Å². The lowest BCUT2D eigenvalue weighted by atomic mass is 10.2. The van der Waals surface area contributed by atoms with E-state index in [1.807, 2.05) is 13.8 Å². The highest BCUT2D eigenvalue weighted by Crippen LogP contribution is 2.26. The van der Waals surface area contributed by atoms with Crippen molar-refractivity contribution in [3.05, 3.63) is 12.3 Å². The van der Waals surface area contributed by atoms with E-state index in [4.69, 9.17) is 37.7 Å². The molecular weight excluding hydrogens is 210 g/mol. The van der Waals surface area contributed by atoms with Crippen molar-refractivity contribution in [3.8, 4) is 0 Å². The highest BCUT2D eigenvalue weighted by molar-refractivity contribution is 7.62. The molecule has 10 heavy (non-hydrogen) atoms. The molecule has 0 aromatic carbocycles. The highest BCUT2D eigenvalue weighted by Gasteiger charge is 2.30. The third-order valence-electron chi connectivity index (χ3n) is 0.891. The van der Waals surface area contributed by atoms with Crippen LogP contribution in [0.25, 0.3) is 0 Å². The van der Waals surface area contributed by atoms with E-state index in [0.717, 1.165) is 0 Å². The van der Waals surface area contributed by atoms with E-state index in [1.165, 1.54) is 0 Å². The third kappa shape index (κ3) is 5.41. The molecule has 0 bridgehead atoms. The normalized spacial score (nSPS) is 11.8. The summed E-state index contributed by atoms with van der Waals surface area (Å²) in [4.78, 5) is 0. The van der Waals surface area contributed by atoms with E-state index >= 15 is 0 Å². The average molecular weight is 220 g/mol. The first kappa shape index (κ1) is 10.6. The third-order valence-corrected chi connectivity index (χ3v) is 2.08. The van der Waals surface area contributed by atoms with Gasteiger partial charge in [0, 0.05) is 5.92 Å². The maximum Gasteiger partial charge on any atom is 0.555 e. The first-order chi connectivity index (χ1) is 4.33. The molecule has 0 saturated heterocycles. The number of rotatable bonds is 3. The summed E-state index contributed by atoms with van der Waals surface area (Å²) in [5.74, 6) is 0.731. The van der Waals surface area contributed by atoms with Gasteiger partial charge < -0.3 is 4.43 Å². The van der Waals surface area contributed by atoms with Gasteiger partial charge in [-0.25, -0.2) is 0 Å². The molecule has 0 aliphatic carbocycles. The van der Waals surface area contributed by atoms with Gasteiger partial charge in [-0.05, 0) is 0 Å². The fourth-order valence-corrected chi connectivity index (χ4v) is 1.69. The molecule has 0 saturated carbocycles. The summed E-state index contributed by atoms with van der Waals surface area (Å²) in [5.41, 5.74) is 0. The molecular formula is C5H9Cl3OSi. The zero-order valence-electron chi connectivity index (χ0n) is 5.83. The maximum atomic E-state index is 5.46. The Morgan fingerprint density at radius 3 is 1.90 bits per heavy atom. The van der Waals surface area contributed by atoms with Gasteiger partial charge in [-0.1, -0.05) is 53.7 Å². The van der Waals surface area contributed by atoms with Gasteiger partial charge in [-0.3, -0.25) is 0 Å². The predicted octanol–water partition coefficient (Wildman–Crippen LogP) is 3.32. The smallest absolute Gasteiger partial charge is 0.512 e. The van der Waals surface area contributed by atoms with E-state index in [0.29, 0.717) is 5.76 Å². The minimum Gasteiger partial charge on any atom is -0.512 e. The standard InChI is InChI=1S/C5H9Cl3OSi/c1-4(2)5(3)9-10(6,7)8/h4H,3H2,1-2H3. The van der Waals surface area contributed by atoms with Gasteiger partial charge in [-0.2, -0.15) is 0 Å². The maximum absolute atomic E-state index is 5.46. The second-order valence-electron chi connectivity index (χ2n) is 2.17.